The number of nitrogens with zero attached hydrogens (tertiary/aromatic N) is 1. The van der Waals surface area contributed by atoms with Crippen molar-refractivity contribution in [1.82, 2.24) is 5.43 Å². The lowest BCUT2D eigenvalue weighted by atomic mass is 10.2. The van der Waals surface area contributed by atoms with Gasteiger partial charge in [0.25, 0.3) is 5.91 Å². The zero-order chi connectivity index (χ0) is 14.2. The third-order valence-corrected chi connectivity index (χ3v) is 2.69. The lowest BCUT2D eigenvalue weighted by Crippen LogP contribution is -2.18. The SMILES string of the molecule is CC(/C=C/c1ccccc1)=NNC(=O)c1ccccc1. The van der Waals surface area contributed by atoms with E-state index in [2.05, 4.69) is 10.5 Å². The monoisotopic (exact) mass is 264 g/mol. The van der Waals surface area contributed by atoms with Crippen LogP contribution >= 0.6 is 0 Å². The first-order chi connectivity index (χ1) is 9.75. The van der Waals surface area contributed by atoms with Crippen molar-refractivity contribution in [2.75, 3.05) is 0 Å². The molecule has 2 aromatic carbocycles. The Bertz CT molecular complexity index is 616. The number of hydrogen-bond donors (Lipinski definition) is 1. The number of hydrogen-bond acceptors (Lipinski definition) is 2. The molecule has 0 atom stereocenters. The van der Waals surface area contributed by atoms with Crippen molar-refractivity contribution in [2.24, 2.45) is 5.10 Å². The molecule has 0 saturated heterocycles. The van der Waals surface area contributed by atoms with Crippen LogP contribution in [0, 0.1) is 0 Å². The van der Waals surface area contributed by atoms with Crippen LogP contribution in [-0.2, 0) is 0 Å². The molecule has 0 aliphatic carbocycles. The summed E-state index contributed by atoms with van der Waals surface area (Å²) >= 11 is 0. The quantitative estimate of drug-likeness (QED) is 0.666. The maximum atomic E-state index is 11.8. The number of carbonyl (C=O) groups excluding carboxylic acids is 1. The molecule has 1 amide bonds. The molecule has 0 heterocycles. The van der Waals surface area contributed by atoms with Gasteiger partial charge in [-0.25, -0.2) is 5.43 Å². The Balaban J connectivity index is 1.95. The van der Waals surface area contributed by atoms with Crippen LogP contribution in [0.2, 0.25) is 0 Å². The van der Waals surface area contributed by atoms with Gasteiger partial charge in [-0.15, -0.1) is 0 Å². The van der Waals surface area contributed by atoms with Crippen molar-refractivity contribution in [3.63, 3.8) is 0 Å². The minimum atomic E-state index is -0.210. The highest BCUT2D eigenvalue weighted by atomic mass is 16.2. The molecule has 0 fully saturated rings. The molecule has 0 bridgehead atoms. The normalized spacial score (nSPS) is 11.6. The molecule has 3 heteroatoms. The van der Waals surface area contributed by atoms with Gasteiger partial charge in [0.15, 0.2) is 0 Å². The Morgan fingerprint density at radius 2 is 1.60 bits per heavy atom. The zero-order valence-electron chi connectivity index (χ0n) is 11.3. The van der Waals surface area contributed by atoms with E-state index < -0.39 is 0 Å². The summed E-state index contributed by atoms with van der Waals surface area (Å²) in [5.74, 6) is -0.210. The van der Waals surface area contributed by atoms with E-state index >= 15 is 0 Å². The van der Waals surface area contributed by atoms with Crippen LogP contribution in [0.5, 0.6) is 0 Å². The fourth-order valence-corrected chi connectivity index (χ4v) is 1.61. The maximum absolute atomic E-state index is 11.8. The maximum Gasteiger partial charge on any atom is 0.271 e. The van der Waals surface area contributed by atoms with Crippen molar-refractivity contribution in [2.45, 2.75) is 6.92 Å². The highest BCUT2D eigenvalue weighted by Crippen LogP contribution is 2.01. The molecule has 0 aromatic heterocycles. The van der Waals surface area contributed by atoms with E-state index in [1.807, 2.05) is 67.6 Å². The van der Waals surface area contributed by atoms with Gasteiger partial charge in [0.1, 0.15) is 0 Å². The third-order valence-electron chi connectivity index (χ3n) is 2.69. The largest absolute Gasteiger partial charge is 0.271 e. The Kier molecular flexibility index (Phi) is 4.84. The summed E-state index contributed by atoms with van der Waals surface area (Å²) in [5, 5.41) is 4.05. The first-order valence-corrected chi connectivity index (χ1v) is 6.38. The predicted molar refractivity (Wildman–Crippen MR) is 82.5 cm³/mol. The number of nitrogens with one attached hydrogen (secondary N) is 1. The fourth-order valence-electron chi connectivity index (χ4n) is 1.61. The molecule has 100 valence electrons. The highest BCUT2D eigenvalue weighted by Gasteiger charge is 2.01. The molecular weight excluding hydrogens is 248 g/mol. The van der Waals surface area contributed by atoms with E-state index in [0.29, 0.717) is 5.56 Å². The molecule has 1 N–H and O–H groups in total. The van der Waals surface area contributed by atoms with Crippen LogP contribution in [0.15, 0.2) is 71.8 Å². The Morgan fingerprint density at radius 3 is 2.25 bits per heavy atom. The number of allylic oxidation sites excluding steroid dienone is 1. The smallest absolute Gasteiger partial charge is 0.267 e. The summed E-state index contributed by atoms with van der Waals surface area (Å²) in [6, 6.07) is 18.9. The molecule has 0 aliphatic heterocycles. The van der Waals surface area contributed by atoms with Crippen LogP contribution in [0.25, 0.3) is 6.08 Å². The van der Waals surface area contributed by atoms with Gasteiger partial charge in [0.05, 0.1) is 5.71 Å². The van der Waals surface area contributed by atoms with Crippen molar-refractivity contribution < 1.29 is 4.79 Å². The van der Waals surface area contributed by atoms with Crippen molar-refractivity contribution in [3.8, 4) is 0 Å². The number of amides is 1. The summed E-state index contributed by atoms with van der Waals surface area (Å²) in [6.07, 6.45) is 3.81. The predicted octanol–water partition coefficient (Wildman–Crippen LogP) is 3.51. The van der Waals surface area contributed by atoms with Crippen LogP contribution in [0.1, 0.15) is 22.8 Å². The van der Waals surface area contributed by atoms with Gasteiger partial charge in [-0.05, 0) is 30.7 Å². The second-order valence-corrected chi connectivity index (χ2v) is 4.30. The number of rotatable bonds is 4. The summed E-state index contributed by atoms with van der Waals surface area (Å²) in [4.78, 5) is 11.8. The van der Waals surface area contributed by atoms with Crippen LogP contribution in [0.4, 0.5) is 0 Å². The molecule has 0 unspecified atom stereocenters. The van der Waals surface area contributed by atoms with E-state index in [-0.39, 0.29) is 5.91 Å². The summed E-state index contributed by atoms with van der Waals surface area (Å²) in [6.45, 7) is 1.84. The zero-order valence-corrected chi connectivity index (χ0v) is 11.3. The Morgan fingerprint density at radius 1 is 1.00 bits per heavy atom. The van der Waals surface area contributed by atoms with Crippen molar-refractivity contribution >= 4 is 17.7 Å². The third kappa shape index (κ3) is 4.21. The number of benzene rings is 2. The van der Waals surface area contributed by atoms with Gasteiger partial charge in [-0.1, -0.05) is 54.6 Å². The van der Waals surface area contributed by atoms with E-state index in [4.69, 9.17) is 0 Å². The second-order valence-electron chi connectivity index (χ2n) is 4.30. The summed E-state index contributed by atoms with van der Waals surface area (Å²) < 4.78 is 0. The van der Waals surface area contributed by atoms with E-state index in [1.165, 1.54) is 0 Å². The lowest BCUT2D eigenvalue weighted by Gasteiger charge is -1.99. The molecule has 0 saturated carbocycles. The summed E-state index contributed by atoms with van der Waals surface area (Å²) in [5.41, 5.74) is 4.95. The van der Waals surface area contributed by atoms with Crippen LogP contribution in [-0.4, -0.2) is 11.6 Å². The molecule has 0 aliphatic rings. The van der Waals surface area contributed by atoms with Crippen LogP contribution in [0.3, 0.4) is 0 Å². The molecule has 0 spiro atoms. The van der Waals surface area contributed by atoms with Gasteiger partial charge < -0.3 is 0 Å². The van der Waals surface area contributed by atoms with E-state index in [0.717, 1.165) is 11.3 Å². The minimum Gasteiger partial charge on any atom is -0.267 e. The number of hydrazone groups is 1. The molecule has 2 aromatic rings. The topological polar surface area (TPSA) is 41.5 Å². The van der Waals surface area contributed by atoms with Gasteiger partial charge >= 0.3 is 0 Å². The Hall–Kier alpha value is -2.68. The van der Waals surface area contributed by atoms with Gasteiger partial charge in [0, 0.05) is 5.56 Å². The second kappa shape index (κ2) is 7.04. The van der Waals surface area contributed by atoms with Gasteiger partial charge in [0.2, 0.25) is 0 Å². The molecule has 0 radical (unpaired) electrons. The lowest BCUT2D eigenvalue weighted by molar-refractivity contribution is 0.0955. The molecule has 3 nitrogen and oxygen atoms in total. The molecule has 2 rings (SSSR count). The van der Waals surface area contributed by atoms with E-state index in [9.17, 15) is 4.79 Å². The average Bonchev–Trinajstić information content (AvgIpc) is 2.52. The minimum absolute atomic E-state index is 0.210. The fraction of sp³-hybridized carbons (Fsp3) is 0.0588. The van der Waals surface area contributed by atoms with Gasteiger partial charge in [-0.2, -0.15) is 5.10 Å². The first kappa shape index (κ1) is 13.7. The summed E-state index contributed by atoms with van der Waals surface area (Å²) in [7, 11) is 0. The van der Waals surface area contributed by atoms with Crippen LogP contribution < -0.4 is 5.43 Å². The first-order valence-electron chi connectivity index (χ1n) is 6.38. The standard InChI is InChI=1S/C17H16N2O/c1-14(12-13-15-8-4-2-5-9-15)18-19-17(20)16-10-6-3-7-11-16/h2-13H,1H3,(H,19,20)/b13-12+,18-14?. The van der Waals surface area contributed by atoms with Crippen molar-refractivity contribution in [3.05, 3.63) is 77.9 Å². The van der Waals surface area contributed by atoms with E-state index in [1.54, 1.807) is 12.1 Å². The molecular formula is C17H16N2O. The van der Waals surface area contributed by atoms with Gasteiger partial charge in [-0.3, -0.25) is 4.79 Å². The Labute approximate surface area is 118 Å². The average molecular weight is 264 g/mol. The number of carbonyl (C=O) groups is 1. The molecule has 20 heavy (non-hydrogen) atoms. The highest BCUT2D eigenvalue weighted by molar-refractivity contribution is 5.99. The van der Waals surface area contributed by atoms with Crippen molar-refractivity contribution in [1.29, 1.82) is 0 Å².